The van der Waals surface area contributed by atoms with E-state index in [0.717, 1.165) is 5.56 Å². The molecule has 0 aliphatic carbocycles. The summed E-state index contributed by atoms with van der Waals surface area (Å²) in [5.74, 6) is 0.966. The first-order chi connectivity index (χ1) is 12.0. The summed E-state index contributed by atoms with van der Waals surface area (Å²) >= 11 is 0. The Balaban J connectivity index is 1.98. The van der Waals surface area contributed by atoms with Crippen molar-refractivity contribution in [1.82, 2.24) is 5.43 Å². The topological polar surface area (TPSA) is 80.9 Å². The molecule has 1 heterocycles. The predicted molar refractivity (Wildman–Crippen MR) is 95.3 cm³/mol. The van der Waals surface area contributed by atoms with Crippen molar-refractivity contribution in [2.45, 2.75) is 27.2 Å². The molecule has 2 rings (SSSR count). The number of carbonyl (C=O) groups is 2. The number of hydrazone groups is 1. The first kappa shape index (κ1) is 18.4. The molecule has 0 spiro atoms. The fraction of sp³-hybridized carbons (Fsp3) is 0.316. The SMILES string of the molecule is CCOC(=O)c1ccc(-c2ccc(/C=N\NC(=O)CC(C)C)o2)cc1. The maximum absolute atomic E-state index is 11.6. The molecule has 6 heteroatoms. The number of furan rings is 1. The van der Waals surface area contributed by atoms with Crippen molar-refractivity contribution < 1.29 is 18.7 Å². The molecule has 0 fully saturated rings. The number of nitrogens with zero attached hydrogens (tertiary/aromatic N) is 1. The van der Waals surface area contributed by atoms with Gasteiger partial charge in [0.1, 0.15) is 11.5 Å². The maximum atomic E-state index is 11.6. The van der Waals surface area contributed by atoms with Crippen LogP contribution in [0.15, 0.2) is 45.9 Å². The fourth-order valence-electron chi connectivity index (χ4n) is 2.15. The van der Waals surface area contributed by atoms with E-state index in [1.54, 1.807) is 43.3 Å². The zero-order valence-electron chi connectivity index (χ0n) is 14.6. The van der Waals surface area contributed by atoms with Gasteiger partial charge in [-0.05, 0) is 37.1 Å². The maximum Gasteiger partial charge on any atom is 0.338 e. The fourth-order valence-corrected chi connectivity index (χ4v) is 2.15. The van der Waals surface area contributed by atoms with Crippen LogP contribution in [0.4, 0.5) is 0 Å². The Kier molecular flexibility index (Phi) is 6.51. The van der Waals surface area contributed by atoms with Crippen LogP contribution >= 0.6 is 0 Å². The molecule has 0 unspecified atom stereocenters. The van der Waals surface area contributed by atoms with Gasteiger partial charge in [0.2, 0.25) is 5.91 Å². The lowest BCUT2D eigenvalue weighted by Crippen LogP contribution is -2.18. The Bertz CT molecular complexity index is 745. The molecule has 25 heavy (non-hydrogen) atoms. The number of amides is 1. The van der Waals surface area contributed by atoms with Gasteiger partial charge >= 0.3 is 5.97 Å². The van der Waals surface area contributed by atoms with E-state index in [0.29, 0.717) is 30.1 Å². The molecule has 1 N–H and O–H groups in total. The minimum atomic E-state index is -0.349. The van der Waals surface area contributed by atoms with Crippen molar-refractivity contribution in [3.63, 3.8) is 0 Å². The van der Waals surface area contributed by atoms with Gasteiger partial charge < -0.3 is 9.15 Å². The first-order valence-corrected chi connectivity index (χ1v) is 8.19. The summed E-state index contributed by atoms with van der Waals surface area (Å²) in [6, 6.07) is 10.5. The van der Waals surface area contributed by atoms with Gasteiger partial charge in [0.05, 0.1) is 18.4 Å². The van der Waals surface area contributed by atoms with Gasteiger partial charge in [-0.1, -0.05) is 26.0 Å². The van der Waals surface area contributed by atoms with Crippen LogP contribution in [0.5, 0.6) is 0 Å². The van der Waals surface area contributed by atoms with Crippen molar-refractivity contribution >= 4 is 18.1 Å². The van der Waals surface area contributed by atoms with E-state index in [-0.39, 0.29) is 17.8 Å². The lowest BCUT2D eigenvalue weighted by molar-refractivity contribution is -0.121. The molecule has 0 aliphatic heterocycles. The number of ether oxygens (including phenoxy) is 1. The van der Waals surface area contributed by atoms with E-state index >= 15 is 0 Å². The van der Waals surface area contributed by atoms with Crippen LogP contribution in [0, 0.1) is 5.92 Å². The van der Waals surface area contributed by atoms with Crippen LogP contribution in [0.2, 0.25) is 0 Å². The molecule has 2 aromatic rings. The molecule has 0 radical (unpaired) electrons. The summed E-state index contributed by atoms with van der Waals surface area (Å²) in [6.07, 6.45) is 1.88. The van der Waals surface area contributed by atoms with Gasteiger partial charge in [-0.3, -0.25) is 4.79 Å². The van der Waals surface area contributed by atoms with Gasteiger partial charge in [-0.25, -0.2) is 10.2 Å². The molecule has 0 saturated carbocycles. The standard InChI is InChI=1S/C19H22N2O4/c1-4-24-19(23)15-7-5-14(6-8-15)17-10-9-16(25-17)12-20-21-18(22)11-13(2)3/h5-10,12-13H,4,11H2,1-3H3,(H,21,22)/b20-12-. The van der Waals surface area contributed by atoms with Gasteiger partial charge in [0, 0.05) is 12.0 Å². The van der Waals surface area contributed by atoms with Crippen molar-refractivity contribution in [2.24, 2.45) is 11.0 Å². The number of nitrogens with one attached hydrogen (secondary N) is 1. The van der Waals surface area contributed by atoms with Gasteiger partial charge in [-0.2, -0.15) is 5.10 Å². The van der Waals surface area contributed by atoms with E-state index in [9.17, 15) is 9.59 Å². The van der Waals surface area contributed by atoms with Crippen molar-refractivity contribution in [3.8, 4) is 11.3 Å². The number of carbonyl (C=O) groups excluding carboxylic acids is 2. The molecule has 1 aromatic carbocycles. The third kappa shape index (κ3) is 5.60. The molecule has 0 atom stereocenters. The summed E-state index contributed by atoms with van der Waals surface area (Å²) in [7, 11) is 0. The quantitative estimate of drug-likeness (QED) is 0.473. The highest BCUT2D eigenvalue weighted by atomic mass is 16.5. The molecule has 0 bridgehead atoms. The zero-order valence-corrected chi connectivity index (χ0v) is 14.6. The van der Waals surface area contributed by atoms with Crippen molar-refractivity contribution in [2.75, 3.05) is 6.61 Å². The van der Waals surface area contributed by atoms with E-state index in [2.05, 4.69) is 10.5 Å². The molecular weight excluding hydrogens is 320 g/mol. The largest absolute Gasteiger partial charge is 0.462 e. The van der Waals surface area contributed by atoms with Crippen LogP contribution in [0.25, 0.3) is 11.3 Å². The molecule has 132 valence electrons. The highest BCUT2D eigenvalue weighted by Crippen LogP contribution is 2.22. The van der Waals surface area contributed by atoms with E-state index in [4.69, 9.17) is 9.15 Å². The van der Waals surface area contributed by atoms with Crippen molar-refractivity contribution in [3.05, 3.63) is 47.7 Å². The average Bonchev–Trinajstić information content (AvgIpc) is 3.03. The normalized spacial score (nSPS) is 11.0. The number of hydrogen-bond donors (Lipinski definition) is 1. The predicted octanol–water partition coefficient (Wildman–Crippen LogP) is 3.62. The van der Waals surface area contributed by atoms with E-state index < -0.39 is 0 Å². The van der Waals surface area contributed by atoms with Crippen LogP contribution < -0.4 is 5.43 Å². The van der Waals surface area contributed by atoms with Gasteiger partial charge in [0.15, 0.2) is 0 Å². The Morgan fingerprint density at radius 3 is 2.56 bits per heavy atom. The van der Waals surface area contributed by atoms with Gasteiger partial charge in [0.25, 0.3) is 0 Å². The highest BCUT2D eigenvalue weighted by Gasteiger charge is 2.08. The second kappa shape index (κ2) is 8.82. The van der Waals surface area contributed by atoms with Crippen LogP contribution in [0.1, 0.15) is 43.3 Å². The zero-order chi connectivity index (χ0) is 18.2. The minimum absolute atomic E-state index is 0.132. The average molecular weight is 342 g/mol. The molecule has 0 saturated heterocycles. The molecule has 1 amide bonds. The molecule has 1 aromatic heterocycles. The highest BCUT2D eigenvalue weighted by molar-refractivity contribution is 5.90. The molecule has 0 aliphatic rings. The summed E-state index contributed by atoms with van der Waals surface area (Å²) < 4.78 is 10.6. The smallest absolute Gasteiger partial charge is 0.338 e. The molecular formula is C19H22N2O4. The number of esters is 1. The lowest BCUT2D eigenvalue weighted by atomic mass is 10.1. The molecule has 6 nitrogen and oxygen atoms in total. The van der Waals surface area contributed by atoms with Gasteiger partial charge in [-0.15, -0.1) is 0 Å². The Labute approximate surface area is 146 Å². The van der Waals surface area contributed by atoms with E-state index in [1.807, 2.05) is 13.8 Å². The van der Waals surface area contributed by atoms with E-state index in [1.165, 1.54) is 6.21 Å². The summed E-state index contributed by atoms with van der Waals surface area (Å²) in [4.78, 5) is 23.1. The van der Waals surface area contributed by atoms with Crippen LogP contribution in [-0.2, 0) is 9.53 Å². The number of hydrogen-bond acceptors (Lipinski definition) is 5. The first-order valence-electron chi connectivity index (χ1n) is 8.19. The summed E-state index contributed by atoms with van der Waals surface area (Å²) in [6.45, 7) is 6.04. The second-order valence-corrected chi connectivity index (χ2v) is 5.89. The Morgan fingerprint density at radius 2 is 1.92 bits per heavy atom. The second-order valence-electron chi connectivity index (χ2n) is 5.89. The Hall–Kier alpha value is -2.89. The monoisotopic (exact) mass is 342 g/mol. The van der Waals surface area contributed by atoms with Crippen LogP contribution in [0.3, 0.4) is 0 Å². The minimum Gasteiger partial charge on any atom is -0.462 e. The number of rotatable bonds is 7. The summed E-state index contributed by atoms with van der Waals surface area (Å²) in [5, 5.41) is 3.88. The third-order valence-electron chi connectivity index (χ3n) is 3.28. The van der Waals surface area contributed by atoms with Crippen molar-refractivity contribution in [1.29, 1.82) is 0 Å². The lowest BCUT2D eigenvalue weighted by Gasteiger charge is -2.02. The third-order valence-corrected chi connectivity index (χ3v) is 3.28. The van der Waals surface area contributed by atoms with Crippen LogP contribution in [-0.4, -0.2) is 24.7 Å². The summed E-state index contributed by atoms with van der Waals surface area (Å²) in [5.41, 5.74) is 3.79. The Morgan fingerprint density at radius 1 is 1.20 bits per heavy atom. The number of benzene rings is 1.